The molecule has 0 spiro atoms. The van der Waals surface area contributed by atoms with Gasteiger partial charge in [-0.25, -0.2) is 4.39 Å². The number of ketones is 1. The number of carbonyl (C=O) groups excluding carboxylic acids is 3. The first-order valence-corrected chi connectivity index (χ1v) is 8.75. The van der Waals surface area contributed by atoms with Gasteiger partial charge in [-0.3, -0.25) is 14.4 Å². The summed E-state index contributed by atoms with van der Waals surface area (Å²) >= 11 is 11.7. The summed E-state index contributed by atoms with van der Waals surface area (Å²) in [6, 6.07) is 9.54. The second kappa shape index (κ2) is 9.48. The number of rotatable bonds is 7. The third-order valence-electron chi connectivity index (χ3n) is 3.53. The van der Waals surface area contributed by atoms with Gasteiger partial charge in [0.25, 0.3) is 5.91 Å². The molecule has 0 heterocycles. The van der Waals surface area contributed by atoms with E-state index < -0.39 is 23.8 Å². The Morgan fingerprint density at radius 3 is 2.22 bits per heavy atom. The van der Waals surface area contributed by atoms with Crippen molar-refractivity contribution in [1.29, 1.82) is 0 Å². The molecule has 5 nitrogen and oxygen atoms in total. The standard InChI is InChI=1S/C19H16Cl2FNO4/c1-11(19(26)23-16-9-13(20)8-14(21)10-16)27-18(25)7-6-17(24)12-2-4-15(22)5-3-12/h2-5,8-11H,6-7H2,1H3,(H,23,26)/t11-/m1/s1. The predicted molar refractivity (Wildman–Crippen MR) is 101 cm³/mol. The molecule has 0 fully saturated rings. The van der Waals surface area contributed by atoms with Crippen LogP contribution in [0.5, 0.6) is 0 Å². The largest absolute Gasteiger partial charge is 0.453 e. The molecule has 2 rings (SSSR count). The maximum Gasteiger partial charge on any atom is 0.307 e. The number of ether oxygens (including phenoxy) is 1. The van der Waals surface area contributed by atoms with Crippen LogP contribution in [0.4, 0.5) is 10.1 Å². The van der Waals surface area contributed by atoms with Crippen molar-refractivity contribution < 1.29 is 23.5 Å². The van der Waals surface area contributed by atoms with Crippen LogP contribution in [0.1, 0.15) is 30.1 Å². The number of nitrogens with one attached hydrogen (secondary N) is 1. The summed E-state index contributed by atoms with van der Waals surface area (Å²) in [4.78, 5) is 35.9. The molecule has 0 aromatic heterocycles. The highest BCUT2D eigenvalue weighted by atomic mass is 35.5. The van der Waals surface area contributed by atoms with Crippen molar-refractivity contribution in [2.75, 3.05) is 5.32 Å². The van der Waals surface area contributed by atoms with Gasteiger partial charge in [0.1, 0.15) is 5.82 Å². The van der Waals surface area contributed by atoms with Gasteiger partial charge >= 0.3 is 5.97 Å². The molecule has 27 heavy (non-hydrogen) atoms. The Labute approximate surface area is 165 Å². The molecule has 0 aliphatic carbocycles. The Morgan fingerprint density at radius 2 is 1.63 bits per heavy atom. The van der Waals surface area contributed by atoms with Gasteiger partial charge in [-0.15, -0.1) is 0 Å². The Balaban J connectivity index is 1.82. The lowest BCUT2D eigenvalue weighted by Crippen LogP contribution is -2.30. The molecule has 0 saturated heterocycles. The van der Waals surface area contributed by atoms with Crippen molar-refractivity contribution in [2.24, 2.45) is 0 Å². The van der Waals surface area contributed by atoms with Gasteiger partial charge in [0.05, 0.1) is 6.42 Å². The molecule has 0 aliphatic rings. The topological polar surface area (TPSA) is 72.5 Å². The molecule has 142 valence electrons. The summed E-state index contributed by atoms with van der Waals surface area (Å²) in [6.07, 6.45) is -1.38. The molecule has 2 aromatic carbocycles. The Bertz CT molecular complexity index is 835. The highest BCUT2D eigenvalue weighted by molar-refractivity contribution is 6.35. The summed E-state index contributed by atoms with van der Waals surface area (Å²) in [5, 5.41) is 3.23. The first kappa shape index (κ1) is 20.9. The van der Waals surface area contributed by atoms with E-state index in [4.69, 9.17) is 27.9 Å². The van der Waals surface area contributed by atoms with Gasteiger partial charge < -0.3 is 10.1 Å². The highest BCUT2D eigenvalue weighted by Gasteiger charge is 2.19. The molecule has 0 aliphatic heterocycles. The fourth-order valence-corrected chi connectivity index (χ4v) is 2.70. The van der Waals surface area contributed by atoms with E-state index in [1.165, 1.54) is 49.4 Å². The predicted octanol–water partition coefficient (Wildman–Crippen LogP) is 4.67. The average Bonchev–Trinajstić information content (AvgIpc) is 2.59. The van der Waals surface area contributed by atoms with Crippen LogP contribution in [0.3, 0.4) is 0 Å². The van der Waals surface area contributed by atoms with Crippen LogP contribution < -0.4 is 5.32 Å². The number of hydrogen-bond donors (Lipinski definition) is 1. The zero-order valence-corrected chi connectivity index (χ0v) is 15.8. The maximum atomic E-state index is 12.8. The normalized spacial score (nSPS) is 11.6. The second-order valence-corrected chi connectivity index (χ2v) is 6.58. The van der Waals surface area contributed by atoms with Crippen LogP contribution in [-0.2, 0) is 14.3 Å². The van der Waals surface area contributed by atoms with Gasteiger partial charge in [-0.2, -0.15) is 0 Å². The third-order valence-corrected chi connectivity index (χ3v) is 3.97. The summed E-state index contributed by atoms with van der Waals surface area (Å²) < 4.78 is 17.9. The molecule has 2 aromatic rings. The fourth-order valence-electron chi connectivity index (χ4n) is 2.18. The molecule has 8 heteroatoms. The van der Waals surface area contributed by atoms with Crippen molar-refractivity contribution in [3.63, 3.8) is 0 Å². The number of amides is 1. The van der Waals surface area contributed by atoms with Crippen LogP contribution in [0, 0.1) is 5.82 Å². The molecular weight excluding hydrogens is 396 g/mol. The van der Waals surface area contributed by atoms with E-state index >= 15 is 0 Å². The third kappa shape index (κ3) is 6.66. The van der Waals surface area contributed by atoms with Crippen molar-refractivity contribution in [3.8, 4) is 0 Å². The molecular formula is C19H16Cl2FNO4. The molecule has 1 atom stereocenters. The minimum absolute atomic E-state index is 0.108. The number of esters is 1. The maximum absolute atomic E-state index is 12.8. The van der Waals surface area contributed by atoms with Crippen LogP contribution in [0.15, 0.2) is 42.5 Å². The van der Waals surface area contributed by atoms with Gasteiger partial charge in [0.15, 0.2) is 11.9 Å². The summed E-state index contributed by atoms with van der Waals surface area (Å²) in [6.45, 7) is 1.40. The number of anilines is 1. The van der Waals surface area contributed by atoms with Gasteiger partial charge in [-0.05, 0) is 49.4 Å². The SMILES string of the molecule is C[C@@H](OC(=O)CCC(=O)c1ccc(F)cc1)C(=O)Nc1cc(Cl)cc(Cl)c1. The number of halogens is 3. The van der Waals surface area contributed by atoms with E-state index in [0.717, 1.165) is 0 Å². The monoisotopic (exact) mass is 411 g/mol. The van der Waals surface area contributed by atoms with E-state index in [9.17, 15) is 18.8 Å². The van der Waals surface area contributed by atoms with Crippen LogP contribution in [0.2, 0.25) is 10.0 Å². The summed E-state index contributed by atoms with van der Waals surface area (Å²) in [7, 11) is 0. The van der Waals surface area contributed by atoms with E-state index in [1.54, 1.807) is 0 Å². The lowest BCUT2D eigenvalue weighted by atomic mass is 10.1. The molecule has 1 amide bonds. The fraction of sp³-hybridized carbons (Fsp3) is 0.211. The van der Waals surface area contributed by atoms with Crippen molar-refractivity contribution in [3.05, 3.63) is 63.9 Å². The molecule has 0 saturated carbocycles. The van der Waals surface area contributed by atoms with Crippen molar-refractivity contribution in [1.82, 2.24) is 0 Å². The van der Waals surface area contributed by atoms with Crippen molar-refractivity contribution in [2.45, 2.75) is 25.9 Å². The first-order valence-electron chi connectivity index (χ1n) is 8.00. The molecule has 0 radical (unpaired) electrons. The number of hydrogen-bond acceptors (Lipinski definition) is 4. The van der Waals surface area contributed by atoms with Crippen molar-refractivity contribution >= 4 is 46.5 Å². The van der Waals surface area contributed by atoms with Gasteiger partial charge in [0.2, 0.25) is 0 Å². The summed E-state index contributed by atoms with van der Waals surface area (Å²) in [5.74, 6) is -2.03. The van der Waals surface area contributed by atoms with E-state index in [2.05, 4.69) is 5.32 Å². The number of benzene rings is 2. The quantitative estimate of drug-likeness (QED) is 0.530. The zero-order chi connectivity index (χ0) is 20.0. The molecule has 1 N–H and O–H groups in total. The van der Waals surface area contributed by atoms with Crippen LogP contribution in [-0.4, -0.2) is 23.8 Å². The van der Waals surface area contributed by atoms with E-state index in [1.807, 2.05) is 0 Å². The molecule has 0 bridgehead atoms. The minimum Gasteiger partial charge on any atom is -0.453 e. The molecule has 0 unspecified atom stereocenters. The van der Waals surface area contributed by atoms with Crippen LogP contribution in [0.25, 0.3) is 0 Å². The number of carbonyl (C=O) groups is 3. The smallest absolute Gasteiger partial charge is 0.307 e. The van der Waals surface area contributed by atoms with Gasteiger partial charge in [0, 0.05) is 27.7 Å². The van der Waals surface area contributed by atoms with E-state index in [-0.39, 0.29) is 18.6 Å². The summed E-state index contributed by atoms with van der Waals surface area (Å²) in [5.41, 5.74) is 0.666. The Kier molecular flexibility index (Phi) is 7.33. The van der Waals surface area contributed by atoms with E-state index in [0.29, 0.717) is 21.3 Å². The zero-order valence-electron chi connectivity index (χ0n) is 14.3. The lowest BCUT2D eigenvalue weighted by molar-refractivity contribution is -0.153. The van der Waals surface area contributed by atoms with Gasteiger partial charge in [-0.1, -0.05) is 23.2 Å². The second-order valence-electron chi connectivity index (χ2n) is 5.71. The Morgan fingerprint density at radius 1 is 1.04 bits per heavy atom. The number of Topliss-reactive ketones (excluding diaryl/α,β-unsaturated/α-hetero) is 1. The van der Waals surface area contributed by atoms with Crippen LogP contribution >= 0.6 is 23.2 Å². The Hall–Kier alpha value is -2.44. The highest BCUT2D eigenvalue weighted by Crippen LogP contribution is 2.22. The lowest BCUT2D eigenvalue weighted by Gasteiger charge is -2.14. The first-order chi connectivity index (χ1) is 12.7. The average molecular weight is 412 g/mol. The minimum atomic E-state index is -1.07.